The monoisotopic (exact) mass is 279 g/mol. The molecule has 1 rings (SSSR count). The summed E-state index contributed by atoms with van der Waals surface area (Å²) in [6, 6.07) is 1.81. The largest absolute Gasteiger partial charge is 0.507 e. The van der Waals surface area contributed by atoms with E-state index in [0.29, 0.717) is 11.0 Å². The van der Waals surface area contributed by atoms with Gasteiger partial charge in [-0.3, -0.25) is 4.79 Å². The molecule has 0 aromatic heterocycles. The van der Waals surface area contributed by atoms with Gasteiger partial charge in [0.05, 0.1) is 5.56 Å². The van der Waals surface area contributed by atoms with Crippen LogP contribution in [0.3, 0.4) is 0 Å². The van der Waals surface area contributed by atoms with Crippen molar-refractivity contribution < 1.29 is 27.5 Å². The van der Waals surface area contributed by atoms with E-state index < -0.39 is 41.8 Å². The molecule has 0 radical (unpaired) electrons. The molecule has 0 aliphatic carbocycles. The second-order valence-corrected chi connectivity index (χ2v) is 4.30. The molecule has 0 fully saturated rings. The zero-order valence-electron chi connectivity index (χ0n) is 10.3. The maximum Gasteiger partial charge on any atom is 0.406 e. The number of rotatable bonds is 3. The van der Waals surface area contributed by atoms with Crippen LogP contribution in [-0.2, 0) is 0 Å². The van der Waals surface area contributed by atoms with Crippen LogP contribution < -0.4 is 0 Å². The van der Waals surface area contributed by atoms with E-state index in [1.807, 2.05) is 0 Å². The summed E-state index contributed by atoms with van der Waals surface area (Å²) >= 11 is 0. The Balaban J connectivity index is 3.09. The van der Waals surface area contributed by atoms with E-state index in [4.69, 9.17) is 0 Å². The van der Waals surface area contributed by atoms with Crippen LogP contribution in [0, 0.1) is 5.82 Å². The molecular formula is C12H13F4NO2. The predicted molar refractivity (Wildman–Crippen MR) is 60.3 cm³/mol. The molecule has 106 valence electrons. The van der Waals surface area contributed by atoms with Crippen molar-refractivity contribution in [3.8, 4) is 5.75 Å². The van der Waals surface area contributed by atoms with Crippen molar-refractivity contribution >= 4 is 5.91 Å². The minimum absolute atomic E-state index is 0.488. The third-order valence-corrected chi connectivity index (χ3v) is 2.42. The second kappa shape index (κ2) is 5.46. The summed E-state index contributed by atoms with van der Waals surface area (Å²) in [5, 5.41) is 9.44. The van der Waals surface area contributed by atoms with E-state index in [1.54, 1.807) is 0 Å². The lowest BCUT2D eigenvalue weighted by atomic mass is 10.1. The molecule has 19 heavy (non-hydrogen) atoms. The van der Waals surface area contributed by atoms with Crippen molar-refractivity contribution in [3.63, 3.8) is 0 Å². The van der Waals surface area contributed by atoms with Gasteiger partial charge in [-0.05, 0) is 32.0 Å². The van der Waals surface area contributed by atoms with Gasteiger partial charge in [-0.2, -0.15) is 13.2 Å². The van der Waals surface area contributed by atoms with Gasteiger partial charge in [-0.15, -0.1) is 0 Å². The van der Waals surface area contributed by atoms with Crippen molar-refractivity contribution in [3.05, 3.63) is 29.6 Å². The Morgan fingerprint density at radius 2 is 1.95 bits per heavy atom. The van der Waals surface area contributed by atoms with Crippen molar-refractivity contribution in [2.45, 2.75) is 26.1 Å². The molecule has 0 bridgehead atoms. The van der Waals surface area contributed by atoms with Crippen LogP contribution >= 0.6 is 0 Å². The molecule has 0 aliphatic rings. The first-order valence-corrected chi connectivity index (χ1v) is 5.48. The lowest BCUT2D eigenvalue weighted by Gasteiger charge is -2.28. The van der Waals surface area contributed by atoms with E-state index >= 15 is 0 Å². The predicted octanol–water partition coefficient (Wildman–Crippen LogP) is 2.94. The van der Waals surface area contributed by atoms with Gasteiger partial charge in [0, 0.05) is 6.04 Å². The van der Waals surface area contributed by atoms with Gasteiger partial charge >= 0.3 is 6.18 Å². The molecule has 1 amide bonds. The van der Waals surface area contributed by atoms with E-state index in [-0.39, 0.29) is 0 Å². The highest BCUT2D eigenvalue weighted by Crippen LogP contribution is 2.24. The molecule has 0 heterocycles. The zero-order valence-corrected chi connectivity index (χ0v) is 10.3. The molecule has 0 atom stereocenters. The number of phenols is 1. The Bertz CT molecular complexity index is 471. The molecule has 1 N–H and O–H groups in total. The third-order valence-electron chi connectivity index (χ3n) is 2.42. The van der Waals surface area contributed by atoms with Crippen LogP contribution in [0.1, 0.15) is 24.2 Å². The number of phenolic OH excluding ortho intramolecular Hbond substituents is 1. The lowest BCUT2D eigenvalue weighted by Crippen LogP contribution is -2.43. The first-order valence-electron chi connectivity index (χ1n) is 5.48. The van der Waals surface area contributed by atoms with Crippen LogP contribution in [-0.4, -0.2) is 34.7 Å². The highest BCUT2D eigenvalue weighted by Gasteiger charge is 2.35. The number of carbonyl (C=O) groups excluding carboxylic acids is 1. The number of halogens is 4. The number of hydrogen-bond donors (Lipinski definition) is 1. The third kappa shape index (κ3) is 4.11. The average Bonchev–Trinajstić information content (AvgIpc) is 2.27. The van der Waals surface area contributed by atoms with E-state index in [9.17, 15) is 27.5 Å². The summed E-state index contributed by atoms with van der Waals surface area (Å²) in [4.78, 5) is 12.5. The summed E-state index contributed by atoms with van der Waals surface area (Å²) in [6.45, 7) is 1.35. The van der Waals surface area contributed by atoms with Crippen molar-refractivity contribution in [2.24, 2.45) is 0 Å². The Hall–Kier alpha value is -1.79. The zero-order chi connectivity index (χ0) is 14.8. The maximum atomic E-state index is 13.0. The standard InChI is InChI=1S/C12H13F4NO2/c1-7(2)17(6-12(14,15)16)11(19)9-5-8(13)3-4-10(9)18/h3-5,7,18H,6H2,1-2H3. The first-order chi connectivity index (χ1) is 8.61. The molecule has 0 unspecified atom stereocenters. The number of amides is 1. The van der Waals surface area contributed by atoms with Crippen molar-refractivity contribution in [1.29, 1.82) is 0 Å². The SMILES string of the molecule is CC(C)N(CC(F)(F)F)C(=O)c1cc(F)ccc1O. The van der Waals surface area contributed by atoms with Crippen LogP contribution in [0.25, 0.3) is 0 Å². The molecule has 0 spiro atoms. The molecule has 0 aliphatic heterocycles. The summed E-state index contributed by atoms with van der Waals surface area (Å²) in [7, 11) is 0. The minimum Gasteiger partial charge on any atom is -0.507 e. The van der Waals surface area contributed by atoms with Gasteiger partial charge in [0.15, 0.2) is 0 Å². The Kier molecular flexibility index (Phi) is 4.39. The molecule has 1 aromatic rings. The van der Waals surface area contributed by atoms with Crippen LogP contribution in [0.5, 0.6) is 5.75 Å². The molecular weight excluding hydrogens is 266 g/mol. The smallest absolute Gasteiger partial charge is 0.406 e. The Morgan fingerprint density at radius 3 is 2.42 bits per heavy atom. The first kappa shape index (κ1) is 15.3. The fourth-order valence-corrected chi connectivity index (χ4v) is 1.52. The summed E-state index contributed by atoms with van der Waals surface area (Å²) < 4.78 is 50.2. The molecule has 0 saturated heterocycles. The Morgan fingerprint density at radius 1 is 1.37 bits per heavy atom. The molecule has 0 saturated carbocycles. The van der Waals surface area contributed by atoms with Gasteiger partial charge in [0.2, 0.25) is 0 Å². The van der Waals surface area contributed by atoms with Gasteiger partial charge in [0.1, 0.15) is 18.1 Å². The van der Waals surface area contributed by atoms with Crippen molar-refractivity contribution in [1.82, 2.24) is 4.90 Å². The van der Waals surface area contributed by atoms with Gasteiger partial charge < -0.3 is 10.0 Å². The highest BCUT2D eigenvalue weighted by atomic mass is 19.4. The summed E-state index contributed by atoms with van der Waals surface area (Å²) in [5.41, 5.74) is -0.488. The van der Waals surface area contributed by atoms with E-state index in [2.05, 4.69) is 0 Å². The van der Waals surface area contributed by atoms with E-state index in [1.165, 1.54) is 13.8 Å². The second-order valence-electron chi connectivity index (χ2n) is 4.30. The quantitative estimate of drug-likeness (QED) is 0.864. The topological polar surface area (TPSA) is 40.5 Å². The van der Waals surface area contributed by atoms with Crippen LogP contribution in [0.15, 0.2) is 18.2 Å². The normalized spacial score (nSPS) is 11.7. The highest BCUT2D eigenvalue weighted by molar-refractivity contribution is 5.97. The summed E-state index contributed by atoms with van der Waals surface area (Å²) in [5.74, 6) is -2.43. The molecule has 3 nitrogen and oxygen atoms in total. The lowest BCUT2D eigenvalue weighted by molar-refractivity contribution is -0.143. The van der Waals surface area contributed by atoms with Gasteiger partial charge in [0.25, 0.3) is 5.91 Å². The molecule has 1 aromatic carbocycles. The number of carbonyl (C=O) groups is 1. The number of alkyl halides is 3. The fraction of sp³-hybridized carbons (Fsp3) is 0.417. The summed E-state index contributed by atoms with van der Waals surface area (Å²) in [6.07, 6.45) is -4.57. The number of nitrogens with zero attached hydrogens (tertiary/aromatic N) is 1. The van der Waals surface area contributed by atoms with Crippen LogP contribution in [0.4, 0.5) is 17.6 Å². The van der Waals surface area contributed by atoms with Gasteiger partial charge in [-0.1, -0.05) is 0 Å². The van der Waals surface area contributed by atoms with Crippen LogP contribution in [0.2, 0.25) is 0 Å². The number of hydrogen-bond acceptors (Lipinski definition) is 2. The minimum atomic E-state index is -4.57. The van der Waals surface area contributed by atoms with Crippen molar-refractivity contribution in [2.75, 3.05) is 6.54 Å². The van der Waals surface area contributed by atoms with E-state index in [0.717, 1.165) is 12.1 Å². The number of aromatic hydroxyl groups is 1. The Labute approximate surface area is 107 Å². The number of benzene rings is 1. The van der Waals surface area contributed by atoms with Gasteiger partial charge in [-0.25, -0.2) is 4.39 Å². The maximum absolute atomic E-state index is 13.0. The fourth-order valence-electron chi connectivity index (χ4n) is 1.52. The molecule has 7 heteroatoms. The average molecular weight is 279 g/mol.